The standard InChI is InChI=1S/C21H28N4O3/c1-3-17-14-24(12-15-10-18(27-2)4-5-20(15)28-17)8-7-21(26)25-9-6-19-16(13-25)11-22-23-19/h4-5,10-11,17H,3,6-9,12-14H2,1-2H3,(H,22,23). The highest BCUT2D eigenvalue weighted by Crippen LogP contribution is 2.29. The number of amides is 1. The predicted molar refractivity (Wildman–Crippen MR) is 105 cm³/mol. The molecule has 4 rings (SSSR count). The van der Waals surface area contributed by atoms with Gasteiger partial charge in [0, 0.05) is 62.4 Å². The number of carbonyl (C=O) groups is 1. The first-order valence-electron chi connectivity index (χ1n) is 10.0. The summed E-state index contributed by atoms with van der Waals surface area (Å²) in [5.41, 5.74) is 3.41. The first kappa shape index (κ1) is 18.8. The Morgan fingerprint density at radius 3 is 3.07 bits per heavy atom. The van der Waals surface area contributed by atoms with Crippen LogP contribution in [-0.4, -0.2) is 58.8 Å². The minimum absolute atomic E-state index is 0.133. The van der Waals surface area contributed by atoms with E-state index in [2.05, 4.69) is 22.0 Å². The van der Waals surface area contributed by atoms with E-state index in [4.69, 9.17) is 9.47 Å². The molecule has 0 aliphatic carbocycles. The topological polar surface area (TPSA) is 70.7 Å². The van der Waals surface area contributed by atoms with E-state index in [1.54, 1.807) is 7.11 Å². The predicted octanol–water partition coefficient (Wildman–Crippen LogP) is 2.37. The quantitative estimate of drug-likeness (QED) is 0.857. The van der Waals surface area contributed by atoms with E-state index in [0.717, 1.165) is 67.3 Å². The zero-order chi connectivity index (χ0) is 19.5. The fourth-order valence-corrected chi connectivity index (χ4v) is 3.96. The van der Waals surface area contributed by atoms with Crippen LogP contribution >= 0.6 is 0 Å². The molecule has 0 bridgehead atoms. The second-order valence-corrected chi connectivity index (χ2v) is 7.55. The number of aromatic nitrogens is 2. The summed E-state index contributed by atoms with van der Waals surface area (Å²) in [6.45, 7) is 5.87. The monoisotopic (exact) mass is 384 g/mol. The van der Waals surface area contributed by atoms with Gasteiger partial charge in [0.1, 0.15) is 17.6 Å². The smallest absolute Gasteiger partial charge is 0.224 e. The molecule has 1 unspecified atom stereocenters. The molecule has 1 aromatic heterocycles. The van der Waals surface area contributed by atoms with Crippen molar-refractivity contribution < 1.29 is 14.3 Å². The van der Waals surface area contributed by atoms with E-state index in [9.17, 15) is 4.79 Å². The number of hydrogen-bond donors (Lipinski definition) is 1. The van der Waals surface area contributed by atoms with Gasteiger partial charge in [0.25, 0.3) is 0 Å². The summed E-state index contributed by atoms with van der Waals surface area (Å²) >= 11 is 0. The first-order valence-corrected chi connectivity index (χ1v) is 10.0. The fourth-order valence-electron chi connectivity index (χ4n) is 3.96. The van der Waals surface area contributed by atoms with Gasteiger partial charge < -0.3 is 14.4 Å². The van der Waals surface area contributed by atoms with E-state index in [0.29, 0.717) is 13.0 Å². The SMILES string of the molecule is CCC1CN(CCC(=O)N2CCc3[nH]ncc3C2)Cc2cc(OC)ccc2O1. The van der Waals surface area contributed by atoms with E-state index in [1.807, 2.05) is 29.3 Å². The van der Waals surface area contributed by atoms with Crippen LogP contribution in [0.15, 0.2) is 24.4 Å². The molecule has 150 valence electrons. The summed E-state index contributed by atoms with van der Waals surface area (Å²) in [5, 5.41) is 7.10. The minimum atomic E-state index is 0.133. The Hall–Kier alpha value is -2.54. The number of methoxy groups -OCH3 is 1. The normalized spacial score (nSPS) is 19.4. The van der Waals surface area contributed by atoms with Gasteiger partial charge in [-0.1, -0.05) is 6.92 Å². The lowest BCUT2D eigenvalue weighted by atomic mass is 10.1. The van der Waals surface area contributed by atoms with E-state index in [-0.39, 0.29) is 12.0 Å². The molecule has 3 heterocycles. The highest BCUT2D eigenvalue weighted by molar-refractivity contribution is 5.76. The second kappa shape index (κ2) is 8.22. The number of hydrogen-bond acceptors (Lipinski definition) is 5. The Morgan fingerprint density at radius 1 is 1.36 bits per heavy atom. The lowest BCUT2D eigenvalue weighted by Gasteiger charge is -2.28. The molecule has 0 saturated carbocycles. The lowest BCUT2D eigenvalue weighted by Crippen LogP contribution is -2.39. The maximum absolute atomic E-state index is 12.8. The maximum Gasteiger partial charge on any atom is 0.224 e. The molecular weight excluding hydrogens is 356 g/mol. The van der Waals surface area contributed by atoms with Crippen molar-refractivity contribution in [2.45, 2.75) is 45.4 Å². The van der Waals surface area contributed by atoms with Gasteiger partial charge >= 0.3 is 0 Å². The molecule has 0 spiro atoms. The average molecular weight is 384 g/mol. The van der Waals surface area contributed by atoms with Gasteiger partial charge in [-0.25, -0.2) is 0 Å². The second-order valence-electron chi connectivity index (χ2n) is 7.55. The van der Waals surface area contributed by atoms with Crippen molar-refractivity contribution in [1.29, 1.82) is 0 Å². The number of ether oxygens (including phenoxy) is 2. The van der Waals surface area contributed by atoms with Gasteiger partial charge in [0.15, 0.2) is 0 Å². The van der Waals surface area contributed by atoms with Gasteiger partial charge in [0.2, 0.25) is 5.91 Å². The molecule has 7 nitrogen and oxygen atoms in total. The van der Waals surface area contributed by atoms with E-state index in [1.165, 1.54) is 0 Å². The molecular formula is C21H28N4O3. The largest absolute Gasteiger partial charge is 0.497 e. The molecule has 0 radical (unpaired) electrons. The maximum atomic E-state index is 12.8. The molecule has 2 aromatic rings. The minimum Gasteiger partial charge on any atom is -0.497 e. The van der Waals surface area contributed by atoms with Gasteiger partial charge in [-0.15, -0.1) is 0 Å². The Balaban J connectivity index is 1.40. The fraction of sp³-hybridized carbons (Fsp3) is 0.524. The van der Waals surface area contributed by atoms with Crippen LogP contribution in [0.3, 0.4) is 0 Å². The summed E-state index contributed by atoms with van der Waals surface area (Å²) in [6, 6.07) is 5.96. The van der Waals surface area contributed by atoms with E-state index >= 15 is 0 Å². The van der Waals surface area contributed by atoms with Crippen LogP contribution in [0.4, 0.5) is 0 Å². The number of benzene rings is 1. The number of rotatable bonds is 5. The lowest BCUT2D eigenvalue weighted by molar-refractivity contribution is -0.132. The van der Waals surface area contributed by atoms with Gasteiger partial charge in [0.05, 0.1) is 13.3 Å². The third-order valence-corrected chi connectivity index (χ3v) is 5.67. The van der Waals surface area contributed by atoms with Crippen LogP contribution in [-0.2, 0) is 24.3 Å². The van der Waals surface area contributed by atoms with Crippen molar-refractivity contribution in [2.24, 2.45) is 0 Å². The van der Waals surface area contributed by atoms with Crippen molar-refractivity contribution in [3.63, 3.8) is 0 Å². The van der Waals surface area contributed by atoms with Crippen molar-refractivity contribution in [3.05, 3.63) is 41.2 Å². The first-order chi connectivity index (χ1) is 13.7. The molecule has 28 heavy (non-hydrogen) atoms. The number of H-pyrrole nitrogens is 1. The van der Waals surface area contributed by atoms with Crippen LogP contribution in [0.2, 0.25) is 0 Å². The Bertz CT molecular complexity index is 835. The number of nitrogens with one attached hydrogen (secondary N) is 1. The van der Waals surface area contributed by atoms with Crippen molar-refractivity contribution in [3.8, 4) is 11.5 Å². The van der Waals surface area contributed by atoms with Crippen LogP contribution in [0.5, 0.6) is 11.5 Å². The van der Waals surface area contributed by atoms with Gasteiger partial charge in [-0.3, -0.25) is 14.8 Å². The molecule has 1 N–H and O–H groups in total. The molecule has 2 aliphatic heterocycles. The molecule has 0 saturated heterocycles. The van der Waals surface area contributed by atoms with Crippen LogP contribution in [0.25, 0.3) is 0 Å². The zero-order valence-corrected chi connectivity index (χ0v) is 16.6. The third-order valence-electron chi connectivity index (χ3n) is 5.67. The number of fused-ring (bicyclic) bond motifs is 2. The Kier molecular flexibility index (Phi) is 5.52. The summed E-state index contributed by atoms with van der Waals surface area (Å²) in [5.74, 6) is 1.96. The van der Waals surface area contributed by atoms with Crippen molar-refractivity contribution >= 4 is 5.91 Å². The molecule has 2 aliphatic rings. The Morgan fingerprint density at radius 2 is 2.25 bits per heavy atom. The summed E-state index contributed by atoms with van der Waals surface area (Å²) in [4.78, 5) is 17.0. The number of nitrogens with zero attached hydrogens (tertiary/aromatic N) is 3. The molecule has 7 heteroatoms. The van der Waals surface area contributed by atoms with E-state index < -0.39 is 0 Å². The molecule has 1 amide bonds. The van der Waals surface area contributed by atoms with Crippen molar-refractivity contribution in [2.75, 3.05) is 26.7 Å². The Labute approximate surface area is 165 Å². The van der Waals surface area contributed by atoms with Gasteiger partial charge in [-0.05, 0) is 24.6 Å². The van der Waals surface area contributed by atoms with Gasteiger partial charge in [-0.2, -0.15) is 5.10 Å². The molecule has 1 atom stereocenters. The number of carbonyl (C=O) groups excluding carboxylic acids is 1. The third kappa shape index (κ3) is 3.99. The van der Waals surface area contributed by atoms with Crippen LogP contribution in [0, 0.1) is 0 Å². The average Bonchev–Trinajstić information content (AvgIpc) is 3.11. The summed E-state index contributed by atoms with van der Waals surface area (Å²) in [7, 11) is 1.68. The summed E-state index contributed by atoms with van der Waals surface area (Å²) in [6.07, 6.45) is 4.27. The molecule has 0 fully saturated rings. The summed E-state index contributed by atoms with van der Waals surface area (Å²) < 4.78 is 11.6. The van der Waals surface area contributed by atoms with Crippen LogP contribution in [0.1, 0.15) is 36.6 Å². The highest BCUT2D eigenvalue weighted by atomic mass is 16.5. The van der Waals surface area contributed by atoms with Crippen molar-refractivity contribution in [1.82, 2.24) is 20.0 Å². The zero-order valence-electron chi connectivity index (χ0n) is 16.6. The van der Waals surface area contributed by atoms with Crippen LogP contribution < -0.4 is 9.47 Å². The number of aromatic amines is 1. The molecule has 1 aromatic carbocycles. The highest BCUT2D eigenvalue weighted by Gasteiger charge is 2.25.